The fraction of sp³-hybridized carbons (Fsp3) is 0.429. The molecule has 0 saturated heterocycles. The molecule has 1 fully saturated rings. The minimum atomic E-state index is -0.233. The number of hydrogen-bond acceptors (Lipinski definition) is 3. The SMILES string of the molecule is Cc1c(C(=O)N(C2CC2)C2CCC3=C(C=NC3)C2)sc2cccc(F)c12. The fourth-order valence-electron chi connectivity index (χ4n) is 4.39. The van der Waals surface area contributed by atoms with E-state index in [1.165, 1.54) is 28.5 Å². The van der Waals surface area contributed by atoms with Gasteiger partial charge < -0.3 is 4.90 Å². The van der Waals surface area contributed by atoms with Crippen LogP contribution in [0.15, 0.2) is 34.3 Å². The topological polar surface area (TPSA) is 32.7 Å². The van der Waals surface area contributed by atoms with Gasteiger partial charge in [-0.3, -0.25) is 9.79 Å². The molecule has 1 aromatic heterocycles. The molecule has 5 heteroatoms. The van der Waals surface area contributed by atoms with Gasteiger partial charge in [-0.1, -0.05) is 6.07 Å². The van der Waals surface area contributed by atoms with Gasteiger partial charge in [-0.2, -0.15) is 0 Å². The van der Waals surface area contributed by atoms with Crippen molar-refractivity contribution in [1.82, 2.24) is 4.90 Å². The molecule has 3 nitrogen and oxygen atoms in total. The van der Waals surface area contributed by atoms with Crippen LogP contribution in [0, 0.1) is 12.7 Å². The molecule has 134 valence electrons. The molecule has 1 aromatic carbocycles. The number of hydrogen-bond donors (Lipinski definition) is 0. The highest BCUT2D eigenvalue weighted by Crippen LogP contribution is 2.40. The first-order valence-corrected chi connectivity index (χ1v) is 10.2. The lowest BCUT2D eigenvalue weighted by atomic mass is 9.88. The minimum Gasteiger partial charge on any atom is -0.332 e. The summed E-state index contributed by atoms with van der Waals surface area (Å²) in [5.74, 6) is -0.141. The van der Waals surface area contributed by atoms with E-state index < -0.39 is 0 Å². The molecule has 26 heavy (non-hydrogen) atoms. The van der Waals surface area contributed by atoms with Crippen LogP contribution in [0.1, 0.15) is 47.3 Å². The van der Waals surface area contributed by atoms with Gasteiger partial charge in [0.15, 0.2) is 0 Å². The molecule has 0 radical (unpaired) electrons. The predicted octanol–water partition coefficient (Wildman–Crippen LogP) is 4.89. The van der Waals surface area contributed by atoms with Crippen LogP contribution in [0.3, 0.4) is 0 Å². The van der Waals surface area contributed by atoms with Crippen LogP contribution in [-0.4, -0.2) is 35.7 Å². The maximum absolute atomic E-state index is 14.3. The van der Waals surface area contributed by atoms with E-state index in [1.54, 1.807) is 6.07 Å². The lowest BCUT2D eigenvalue weighted by Gasteiger charge is -2.35. The number of amides is 1. The number of nitrogens with zero attached hydrogens (tertiary/aromatic N) is 2. The average molecular weight is 368 g/mol. The van der Waals surface area contributed by atoms with Crippen LogP contribution in [0.25, 0.3) is 10.1 Å². The number of carbonyl (C=O) groups is 1. The second kappa shape index (κ2) is 6.02. The predicted molar refractivity (Wildman–Crippen MR) is 104 cm³/mol. The minimum absolute atomic E-state index is 0.0922. The highest BCUT2D eigenvalue weighted by atomic mass is 32.1. The summed E-state index contributed by atoms with van der Waals surface area (Å²) in [7, 11) is 0. The van der Waals surface area contributed by atoms with Crippen molar-refractivity contribution in [3.05, 3.63) is 45.6 Å². The van der Waals surface area contributed by atoms with Crippen molar-refractivity contribution in [3.8, 4) is 0 Å². The van der Waals surface area contributed by atoms with Gasteiger partial charge in [0, 0.05) is 28.4 Å². The summed E-state index contributed by atoms with van der Waals surface area (Å²) in [5, 5.41) is 0.605. The zero-order valence-corrected chi connectivity index (χ0v) is 15.6. The smallest absolute Gasteiger partial charge is 0.264 e. The largest absolute Gasteiger partial charge is 0.332 e. The van der Waals surface area contributed by atoms with Gasteiger partial charge in [-0.15, -0.1) is 11.3 Å². The third-order valence-electron chi connectivity index (χ3n) is 5.88. The van der Waals surface area contributed by atoms with Gasteiger partial charge in [0.1, 0.15) is 5.82 Å². The van der Waals surface area contributed by atoms with E-state index in [9.17, 15) is 9.18 Å². The number of benzene rings is 1. The van der Waals surface area contributed by atoms with Crippen molar-refractivity contribution in [1.29, 1.82) is 0 Å². The third-order valence-corrected chi connectivity index (χ3v) is 7.13. The quantitative estimate of drug-likeness (QED) is 0.759. The lowest BCUT2D eigenvalue weighted by Crippen LogP contribution is -2.43. The molecule has 3 aliphatic rings. The maximum Gasteiger partial charge on any atom is 0.264 e. The Morgan fingerprint density at radius 1 is 1.27 bits per heavy atom. The van der Waals surface area contributed by atoms with Crippen LogP contribution in [0.5, 0.6) is 0 Å². The number of aryl methyl sites for hydroxylation is 1. The van der Waals surface area contributed by atoms with Crippen molar-refractivity contribution < 1.29 is 9.18 Å². The van der Waals surface area contributed by atoms with Crippen molar-refractivity contribution in [2.45, 2.75) is 51.1 Å². The third kappa shape index (κ3) is 2.52. The van der Waals surface area contributed by atoms with Gasteiger partial charge in [0.2, 0.25) is 0 Å². The van der Waals surface area contributed by atoms with E-state index in [0.29, 0.717) is 16.3 Å². The zero-order valence-electron chi connectivity index (χ0n) is 14.8. The zero-order chi connectivity index (χ0) is 17.8. The number of aliphatic imine (C=N–C) groups is 1. The van der Waals surface area contributed by atoms with E-state index in [4.69, 9.17) is 0 Å². The van der Waals surface area contributed by atoms with Gasteiger partial charge in [-0.25, -0.2) is 4.39 Å². The molecule has 5 rings (SSSR count). The molecule has 2 aromatic rings. The molecular weight excluding hydrogens is 347 g/mol. The highest BCUT2D eigenvalue weighted by Gasteiger charge is 2.40. The highest BCUT2D eigenvalue weighted by molar-refractivity contribution is 7.21. The molecular formula is C21H21FN2OS. The normalized spacial score (nSPS) is 22.2. The molecule has 0 bridgehead atoms. The summed E-state index contributed by atoms with van der Waals surface area (Å²) in [6, 6.07) is 5.69. The number of halogens is 1. The molecule has 2 heterocycles. The Labute approximate surface area is 156 Å². The van der Waals surface area contributed by atoms with Gasteiger partial charge in [-0.05, 0) is 67.9 Å². The Hall–Kier alpha value is -2.01. The van der Waals surface area contributed by atoms with Crippen molar-refractivity contribution in [3.63, 3.8) is 0 Å². The Morgan fingerprint density at radius 2 is 2.12 bits per heavy atom. The first-order chi connectivity index (χ1) is 12.6. The number of rotatable bonds is 3. The van der Waals surface area contributed by atoms with Crippen LogP contribution in [0.2, 0.25) is 0 Å². The number of carbonyl (C=O) groups excluding carboxylic acids is 1. The average Bonchev–Trinajstić information content (AvgIpc) is 3.23. The van der Waals surface area contributed by atoms with Gasteiger partial charge >= 0.3 is 0 Å². The summed E-state index contributed by atoms with van der Waals surface area (Å²) in [5.41, 5.74) is 3.57. The summed E-state index contributed by atoms with van der Waals surface area (Å²) in [6.45, 7) is 2.72. The molecule has 1 saturated carbocycles. The first-order valence-electron chi connectivity index (χ1n) is 9.34. The maximum atomic E-state index is 14.3. The van der Waals surface area contributed by atoms with Crippen molar-refractivity contribution >= 4 is 33.5 Å². The lowest BCUT2D eigenvalue weighted by molar-refractivity contribution is 0.0650. The second-order valence-electron chi connectivity index (χ2n) is 7.61. The summed E-state index contributed by atoms with van der Waals surface area (Å²) >= 11 is 1.43. The van der Waals surface area contributed by atoms with Crippen molar-refractivity contribution in [2.24, 2.45) is 4.99 Å². The van der Waals surface area contributed by atoms with E-state index in [-0.39, 0.29) is 17.8 Å². The van der Waals surface area contributed by atoms with Gasteiger partial charge in [0.05, 0.1) is 11.4 Å². The first kappa shape index (κ1) is 16.2. The summed E-state index contributed by atoms with van der Waals surface area (Å²) in [4.78, 5) is 20.7. The Balaban J connectivity index is 1.51. The molecule has 1 atom stereocenters. The molecule has 1 unspecified atom stereocenters. The molecule has 0 N–H and O–H groups in total. The van der Waals surface area contributed by atoms with Crippen LogP contribution >= 0.6 is 11.3 Å². The van der Waals surface area contributed by atoms with Crippen LogP contribution in [0.4, 0.5) is 4.39 Å². The Bertz CT molecular complexity index is 970. The van der Waals surface area contributed by atoms with E-state index in [0.717, 1.165) is 48.9 Å². The molecule has 2 aliphatic carbocycles. The van der Waals surface area contributed by atoms with Crippen LogP contribution < -0.4 is 0 Å². The van der Waals surface area contributed by atoms with E-state index >= 15 is 0 Å². The number of fused-ring (bicyclic) bond motifs is 1. The monoisotopic (exact) mass is 368 g/mol. The summed E-state index contributed by atoms with van der Waals surface area (Å²) < 4.78 is 15.1. The standard InChI is InChI=1S/C21H21FN2OS/c1-12-19-17(22)3-2-4-18(19)26-20(12)21(25)24(15-7-8-15)16-6-5-13-10-23-11-14(13)9-16/h2-4,11,15-16H,5-10H2,1H3. The molecule has 1 amide bonds. The Morgan fingerprint density at radius 3 is 2.88 bits per heavy atom. The van der Waals surface area contributed by atoms with Gasteiger partial charge in [0.25, 0.3) is 5.91 Å². The second-order valence-corrected chi connectivity index (χ2v) is 8.66. The number of thiophene rings is 1. The molecule has 0 spiro atoms. The van der Waals surface area contributed by atoms with E-state index in [1.807, 2.05) is 19.2 Å². The Kier molecular flexibility index (Phi) is 3.74. The van der Waals surface area contributed by atoms with E-state index in [2.05, 4.69) is 9.89 Å². The summed E-state index contributed by atoms with van der Waals surface area (Å²) in [6.07, 6.45) is 7.14. The van der Waals surface area contributed by atoms with Crippen molar-refractivity contribution in [2.75, 3.05) is 6.54 Å². The fourth-order valence-corrected chi connectivity index (χ4v) is 5.55. The van der Waals surface area contributed by atoms with Crippen LogP contribution in [-0.2, 0) is 0 Å². The molecule has 1 aliphatic heterocycles.